The van der Waals surface area contributed by atoms with Crippen molar-refractivity contribution >= 4 is 11.3 Å². The smallest absolute Gasteiger partial charge is 0.0930 e. The van der Waals surface area contributed by atoms with Gasteiger partial charge in [-0.1, -0.05) is 0 Å². The number of aromatic nitrogens is 1. The normalized spacial score (nSPS) is 10.5. The molecule has 0 atom stereocenters. The number of hydrogen-bond acceptors (Lipinski definition) is 4. The molecule has 4 heteroatoms. The van der Waals surface area contributed by atoms with Gasteiger partial charge in [0.15, 0.2) is 0 Å². The number of aliphatic hydroxyl groups is 1. The van der Waals surface area contributed by atoms with Crippen molar-refractivity contribution in [3.63, 3.8) is 0 Å². The number of nitrogens with zero attached hydrogens (tertiary/aromatic N) is 1. The molecule has 1 aromatic heterocycles. The van der Waals surface area contributed by atoms with Gasteiger partial charge in [-0.25, -0.2) is 4.98 Å². The molecular weight excluding hydrogens is 174 g/mol. The number of aliphatic hydroxyl groups excluding tert-OH is 1. The minimum absolute atomic E-state index is 0.0424. The molecule has 1 rings (SSSR count). The third-order valence-corrected chi connectivity index (χ3v) is 2.46. The van der Waals surface area contributed by atoms with Gasteiger partial charge in [-0.3, -0.25) is 0 Å². The zero-order valence-electron chi connectivity index (χ0n) is 7.12. The maximum absolute atomic E-state index is 8.74. The van der Waals surface area contributed by atoms with Crippen molar-refractivity contribution in [1.29, 1.82) is 0 Å². The fraction of sp³-hybridized carbons (Fsp3) is 0.625. The van der Waals surface area contributed by atoms with Crippen molar-refractivity contribution in [2.45, 2.75) is 19.4 Å². The fourth-order valence-electron chi connectivity index (χ4n) is 0.904. The lowest BCUT2D eigenvalue weighted by molar-refractivity contribution is 0.195. The molecule has 1 heterocycles. The molecule has 68 valence electrons. The number of hydrogen-bond donors (Lipinski definition) is 1. The molecule has 12 heavy (non-hydrogen) atoms. The van der Waals surface area contributed by atoms with Crippen LogP contribution >= 0.6 is 11.3 Å². The predicted molar refractivity (Wildman–Crippen MR) is 48.2 cm³/mol. The van der Waals surface area contributed by atoms with Gasteiger partial charge >= 0.3 is 0 Å². The Balaban J connectivity index is 2.31. The first kappa shape index (κ1) is 9.64. The fourth-order valence-corrected chi connectivity index (χ4v) is 1.74. The summed E-state index contributed by atoms with van der Waals surface area (Å²) in [6.45, 7) is 0.814. The highest BCUT2D eigenvalue weighted by molar-refractivity contribution is 7.09. The second-order valence-corrected chi connectivity index (χ2v) is 3.43. The molecule has 0 aliphatic rings. The zero-order valence-corrected chi connectivity index (χ0v) is 7.93. The van der Waals surface area contributed by atoms with Gasteiger partial charge in [0.2, 0.25) is 0 Å². The van der Waals surface area contributed by atoms with E-state index in [0.29, 0.717) is 0 Å². The van der Waals surface area contributed by atoms with Crippen LogP contribution in [-0.2, 0) is 17.8 Å². The zero-order chi connectivity index (χ0) is 8.81. The van der Waals surface area contributed by atoms with Crippen LogP contribution < -0.4 is 0 Å². The highest BCUT2D eigenvalue weighted by Gasteiger charge is 1.99. The topological polar surface area (TPSA) is 42.4 Å². The molecule has 0 spiro atoms. The van der Waals surface area contributed by atoms with Crippen molar-refractivity contribution in [2.24, 2.45) is 0 Å². The Morgan fingerprint density at radius 1 is 1.67 bits per heavy atom. The predicted octanol–water partition coefficient (Wildman–Crippen LogP) is 1.21. The number of aryl methyl sites for hydroxylation is 1. The minimum Gasteiger partial charge on any atom is -0.390 e. The van der Waals surface area contributed by atoms with Crippen molar-refractivity contribution < 1.29 is 9.84 Å². The van der Waals surface area contributed by atoms with Gasteiger partial charge in [-0.2, -0.15) is 0 Å². The Kier molecular flexibility index (Phi) is 4.21. The molecule has 0 aliphatic carbocycles. The van der Waals surface area contributed by atoms with Crippen molar-refractivity contribution in [1.82, 2.24) is 4.98 Å². The molecular formula is C8H13NO2S. The second kappa shape index (κ2) is 5.24. The summed E-state index contributed by atoms with van der Waals surface area (Å²) in [5, 5.41) is 11.7. The van der Waals surface area contributed by atoms with Crippen LogP contribution in [0.25, 0.3) is 0 Å². The summed E-state index contributed by atoms with van der Waals surface area (Å²) in [4.78, 5) is 4.21. The van der Waals surface area contributed by atoms with E-state index in [1.807, 2.05) is 5.38 Å². The molecule has 0 unspecified atom stereocenters. The lowest BCUT2D eigenvalue weighted by Crippen LogP contribution is -1.92. The first-order valence-electron chi connectivity index (χ1n) is 3.90. The van der Waals surface area contributed by atoms with E-state index in [1.54, 1.807) is 18.4 Å². The Labute approximate surface area is 76.0 Å². The average molecular weight is 187 g/mol. The van der Waals surface area contributed by atoms with Gasteiger partial charge in [-0.05, 0) is 6.42 Å². The molecule has 0 aliphatic heterocycles. The number of rotatable bonds is 5. The maximum atomic E-state index is 8.74. The largest absolute Gasteiger partial charge is 0.390 e. The Bertz CT molecular complexity index is 225. The molecule has 1 aromatic rings. The summed E-state index contributed by atoms with van der Waals surface area (Å²) in [6.07, 6.45) is 1.94. The van der Waals surface area contributed by atoms with Gasteiger partial charge in [-0.15, -0.1) is 11.3 Å². The summed E-state index contributed by atoms with van der Waals surface area (Å²) < 4.78 is 4.92. The van der Waals surface area contributed by atoms with Crippen molar-refractivity contribution in [3.8, 4) is 0 Å². The summed E-state index contributed by atoms with van der Waals surface area (Å²) in [5.74, 6) is 0. The van der Waals surface area contributed by atoms with Crippen molar-refractivity contribution in [2.75, 3.05) is 13.7 Å². The Hall–Kier alpha value is -0.450. The van der Waals surface area contributed by atoms with Crippen LogP contribution in [-0.4, -0.2) is 23.8 Å². The van der Waals surface area contributed by atoms with E-state index in [9.17, 15) is 0 Å². The molecule has 0 fully saturated rings. The molecule has 0 radical (unpaired) electrons. The number of ether oxygens (including phenoxy) is 1. The molecule has 0 saturated heterocycles. The van der Waals surface area contributed by atoms with E-state index in [0.717, 1.165) is 30.2 Å². The van der Waals surface area contributed by atoms with Gasteiger partial charge in [0.05, 0.1) is 17.3 Å². The first-order valence-corrected chi connectivity index (χ1v) is 4.78. The van der Waals surface area contributed by atoms with E-state index in [-0.39, 0.29) is 6.61 Å². The Morgan fingerprint density at radius 2 is 2.50 bits per heavy atom. The summed E-state index contributed by atoms with van der Waals surface area (Å²) in [5.41, 5.74) is 0.771. The molecule has 0 amide bonds. The minimum atomic E-state index is 0.0424. The van der Waals surface area contributed by atoms with Crippen LogP contribution in [0, 0.1) is 0 Å². The quantitative estimate of drug-likeness (QED) is 0.705. The maximum Gasteiger partial charge on any atom is 0.0930 e. The standard InChI is InChI=1S/C8H13NO2S/c1-11-4-2-3-8-9-7(5-10)6-12-8/h6,10H,2-5H2,1H3. The monoisotopic (exact) mass is 187 g/mol. The van der Waals surface area contributed by atoms with E-state index >= 15 is 0 Å². The lowest BCUT2D eigenvalue weighted by Gasteiger charge is -1.94. The molecule has 1 N–H and O–H groups in total. The van der Waals surface area contributed by atoms with Crippen LogP contribution in [0.2, 0.25) is 0 Å². The summed E-state index contributed by atoms with van der Waals surface area (Å²) in [6, 6.07) is 0. The van der Waals surface area contributed by atoms with Crippen molar-refractivity contribution in [3.05, 3.63) is 16.1 Å². The molecule has 0 saturated carbocycles. The highest BCUT2D eigenvalue weighted by atomic mass is 32.1. The summed E-state index contributed by atoms with van der Waals surface area (Å²) >= 11 is 1.60. The second-order valence-electron chi connectivity index (χ2n) is 2.49. The van der Waals surface area contributed by atoms with E-state index in [4.69, 9.17) is 9.84 Å². The van der Waals surface area contributed by atoms with E-state index < -0.39 is 0 Å². The van der Waals surface area contributed by atoms with E-state index in [2.05, 4.69) is 4.98 Å². The molecule has 3 nitrogen and oxygen atoms in total. The number of methoxy groups -OCH3 is 1. The van der Waals surface area contributed by atoms with Crippen LogP contribution in [0.3, 0.4) is 0 Å². The summed E-state index contributed by atoms with van der Waals surface area (Å²) in [7, 11) is 1.70. The van der Waals surface area contributed by atoms with Gasteiger partial charge in [0.25, 0.3) is 0 Å². The van der Waals surface area contributed by atoms with Crippen LogP contribution in [0.15, 0.2) is 5.38 Å². The van der Waals surface area contributed by atoms with Gasteiger partial charge in [0.1, 0.15) is 0 Å². The van der Waals surface area contributed by atoms with Crippen LogP contribution in [0.1, 0.15) is 17.1 Å². The van der Waals surface area contributed by atoms with E-state index in [1.165, 1.54) is 0 Å². The first-order chi connectivity index (χ1) is 5.86. The van der Waals surface area contributed by atoms with Gasteiger partial charge < -0.3 is 9.84 Å². The Morgan fingerprint density at radius 3 is 3.08 bits per heavy atom. The third-order valence-electron chi connectivity index (χ3n) is 1.50. The average Bonchev–Trinajstić information content (AvgIpc) is 2.53. The van der Waals surface area contributed by atoms with Gasteiger partial charge in [0, 0.05) is 25.5 Å². The molecule has 0 bridgehead atoms. The molecule has 0 aromatic carbocycles. The SMILES string of the molecule is COCCCc1nc(CO)cs1. The number of thiazole rings is 1. The third kappa shape index (κ3) is 2.89. The van der Waals surface area contributed by atoms with Crippen LogP contribution in [0.4, 0.5) is 0 Å². The van der Waals surface area contributed by atoms with Crippen LogP contribution in [0.5, 0.6) is 0 Å². The lowest BCUT2D eigenvalue weighted by atomic mass is 10.3. The highest BCUT2D eigenvalue weighted by Crippen LogP contribution is 2.11.